The Morgan fingerprint density at radius 1 is 0.941 bits per heavy atom. The van der Waals surface area contributed by atoms with E-state index in [0.29, 0.717) is 11.9 Å². The fourth-order valence-electron chi connectivity index (χ4n) is 0.0510. The standard InChI is InChI=1S/C2H6OS2.2CN.CHO.2CO.2Fe/c4-1-3-2-5;5*1-2;;/h4-5H,1-2H2;;;1H;;;;/q;3*-1;;;+2;+3/p+2. The Kier molecular flexibility index (Phi) is 1380. The number of carbonyl (C=O) groups excluding carboxylic acids is 1. The average molecular weight is 361 g/mol. The fraction of sp³-hybridized carbons (Fsp3) is 0.286. The van der Waals surface area contributed by atoms with E-state index in [0.717, 1.165) is 0 Å². The maximum absolute atomic E-state index is 7.75. The smallest absolute Gasteiger partial charge is 0.545 e. The van der Waals surface area contributed by atoms with Crippen LogP contribution in [0.3, 0.4) is 0 Å². The number of rotatable bonds is 2. The van der Waals surface area contributed by atoms with Crippen LogP contribution in [-0.2, 0) is 78.2 Å². The van der Waals surface area contributed by atoms with E-state index < -0.39 is 0 Å². The molecule has 0 N–H and O–H groups in total. The Hall–Kier alpha value is -0.171. The molecule has 10 heteroatoms. The van der Waals surface area contributed by atoms with Gasteiger partial charge >= 0.3 is 56.7 Å². The second kappa shape index (κ2) is 435. The van der Waals surface area contributed by atoms with E-state index in [9.17, 15) is 0 Å². The molecule has 0 aromatic carbocycles. The number of hydrogen-bond donors (Lipinski definition) is 0. The van der Waals surface area contributed by atoms with Gasteiger partial charge in [0, 0.05) is 0 Å². The summed E-state index contributed by atoms with van der Waals surface area (Å²) < 4.78 is 19.7. The Balaban J connectivity index is -0.00000001000. The van der Waals surface area contributed by atoms with Gasteiger partial charge in [0.25, 0.3) is 0 Å². The van der Waals surface area contributed by atoms with Crippen molar-refractivity contribution in [2.24, 2.45) is 0 Å². The van der Waals surface area contributed by atoms with Gasteiger partial charge in [-0.15, -0.1) is 0 Å². The molecule has 95 valence electrons. The molecule has 0 unspecified atom stereocenters. The molecule has 0 saturated carbocycles. The van der Waals surface area contributed by atoms with Crippen LogP contribution in [0.15, 0.2) is 0 Å². The Morgan fingerprint density at radius 3 is 1.06 bits per heavy atom. The van der Waals surface area contributed by atoms with Gasteiger partial charge in [0.2, 0.25) is 11.9 Å². The minimum absolute atomic E-state index is 0. The van der Waals surface area contributed by atoms with E-state index in [4.69, 9.17) is 37.8 Å². The van der Waals surface area contributed by atoms with Crippen LogP contribution in [0.2, 0.25) is 0 Å². The van der Waals surface area contributed by atoms with Crippen molar-refractivity contribution in [1.29, 1.82) is 10.5 Å². The first kappa shape index (κ1) is 54.1. The molecule has 0 aromatic rings. The molecule has 0 aliphatic rings. The molecule has 6 nitrogen and oxygen atoms in total. The van der Waals surface area contributed by atoms with Gasteiger partial charge in [0.05, 0.1) is 0 Å². The number of nitrogens with zero attached hydrogens (tertiary/aromatic N) is 2. The zero-order valence-electron chi connectivity index (χ0n) is 8.23. The molecular weight excluding hydrogens is 352 g/mol. The van der Waals surface area contributed by atoms with E-state index >= 15 is 0 Å². The third-order valence-electron chi connectivity index (χ3n) is 0.204. The second-order valence-electron chi connectivity index (χ2n) is 0.493. The minimum Gasteiger partial charge on any atom is -0.545 e. The van der Waals surface area contributed by atoms with Crippen LogP contribution in [0.4, 0.5) is 0 Å². The van der Waals surface area contributed by atoms with E-state index in [2.05, 4.69) is 50.1 Å². The maximum atomic E-state index is 7.75. The molecule has 0 atom stereocenters. The molecule has 17 heavy (non-hydrogen) atoms. The van der Waals surface area contributed by atoms with Crippen molar-refractivity contribution >= 4 is 32.0 Å². The van der Waals surface area contributed by atoms with E-state index in [1.807, 2.05) is 0 Å². The number of hydrogen-bond acceptors (Lipinski definition) is 4. The quantitative estimate of drug-likeness (QED) is 0.265. The van der Waals surface area contributed by atoms with Gasteiger partial charge in [-0.25, -0.2) is 0 Å². The zero-order chi connectivity index (χ0) is 14.1. The summed E-state index contributed by atoms with van der Waals surface area (Å²) in [5.41, 5.74) is 0. The van der Waals surface area contributed by atoms with Crippen molar-refractivity contribution in [3.63, 3.8) is 0 Å². The first-order valence-corrected chi connectivity index (χ1v) is 3.79. The van der Waals surface area contributed by atoms with Crippen molar-refractivity contribution in [2.75, 3.05) is 11.9 Å². The van der Waals surface area contributed by atoms with Crippen molar-refractivity contribution < 1.29 is 53.0 Å². The summed E-state index contributed by atoms with van der Waals surface area (Å²) in [6.45, 7) is 21.8. The zero-order valence-corrected chi connectivity index (χ0v) is 12.4. The summed E-state index contributed by atoms with van der Waals surface area (Å²) in [6, 6.07) is 0. The molecule has 0 rings (SSSR count). The maximum Gasteiger partial charge on any atom is 3.00 e. The van der Waals surface area contributed by atoms with Crippen LogP contribution in [-0.4, -0.2) is 18.7 Å². The first-order chi connectivity index (χ1) is 7.41. The van der Waals surface area contributed by atoms with Gasteiger partial charge in [0.15, 0.2) is 0 Å². The number of ether oxygens (including phenoxy) is 1. The second-order valence-corrected chi connectivity index (χ2v) is 1.07. The Labute approximate surface area is 133 Å². The Morgan fingerprint density at radius 2 is 1.06 bits per heavy atom. The van der Waals surface area contributed by atoms with Crippen molar-refractivity contribution in [3.05, 3.63) is 26.4 Å². The average Bonchev–Trinajstić information content (AvgIpc) is 2.42. The molecule has 0 saturated heterocycles. The fourth-order valence-corrected chi connectivity index (χ4v) is 0.459. The van der Waals surface area contributed by atoms with Crippen LogP contribution in [0.5, 0.6) is 0 Å². The SMILES string of the molecule is [C-]#N.[C-]#N.[C-]#[O+].[C-]#[O+].[CH-]=O.[Fe+2].[Fe+3].[SH2+]COC[SH2+]. The van der Waals surface area contributed by atoms with Gasteiger partial charge in [-0.3, -0.25) is 11.5 Å². The van der Waals surface area contributed by atoms with E-state index in [1.165, 1.54) is 0 Å². The molecular formula is C7H9Fe2N2O4S2+4. The van der Waals surface area contributed by atoms with Gasteiger partial charge in [0.1, 0.15) is 0 Å². The molecule has 0 spiro atoms. The molecule has 0 aliphatic heterocycles. The van der Waals surface area contributed by atoms with E-state index in [-0.39, 0.29) is 34.1 Å². The largest absolute Gasteiger partial charge is 3.00 e. The summed E-state index contributed by atoms with van der Waals surface area (Å²) in [5.74, 6) is 1.20. The molecule has 0 aliphatic carbocycles. The van der Waals surface area contributed by atoms with Crippen LogP contribution < -0.4 is 0 Å². The monoisotopic (exact) mass is 361 g/mol. The van der Waals surface area contributed by atoms with Crippen LogP contribution in [0.25, 0.3) is 0 Å². The summed E-state index contributed by atoms with van der Waals surface area (Å²) in [6.07, 6.45) is 0. The molecule has 0 aromatic heterocycles. The summed E-state index contributed by atoms with van der Waals surface area (Å²) in [7, 11) is 0. The molecule has 0 fully saturated rings. The minimum atomic E-state index is 0. The van der Waals surface area contributed by atoms with Crippen molar-refractivity contribution in [3.8, 4) is 0 Å². The van der Waals surface area contributed by atoms with Gasteiger partial charge in [-0.05, 0) is 25.3 Å². The third kappa shape index (κ3) is 905. The van der Waals surface area contributed by atoms with Crippen molar-refractivity contribution in [2.45, 2.75) is 0 Å². The first-order valence-electron chi connectivity index (χ1n) is 2.38. The van der Waals surface area contributed by atoms with Gasteiger partial charge in [-0.1, -0.05) is 0 Å². The van der Waals surface area contributed by atoms with Crippen LogP contribution in [0, 0.1) is 37.0 Å². The topological polar surface area (TPSA) is 114 Å². The molecule has 1 radical (unpaired) electrons. The van der Waals surface area contributed by atoms with Crippen LogP contribution in [0.1, 0.15) is 0 Å². The molecule has 0 bridgehead atoms. The van der Waals surface area contributed by atoms with Crippen molar-refractivity contribution in [1.82, 2.24) is 0 Å². The summed E-state index contributed by atoms with van der Waals surface area (Å²) >= 11 is 6.19. The van der Waals surface area contributed by atoms with Gasteiger partial charge < -0.3 is 28.5 Å². The summed E-state index contributed by atoms with van der Waals surface area (Å²) in [4.78, 5) is 7.75. The Bertz CT molecular complexity index is 119. The van der Waals surface area contributed by atoms with E-state index in [1.54, 1.807) is 0 Å². The molecule has 0 amide bonds. The predicted octanol–water partition coefficient (Wildman–Crippen LogP) is -1.22. The van der Waals surface area contributed by atoms with Gasteiger partial charge in [-0.2, -0.15) is 0 Å². The summed E-state index contributed by atoms with van der Waals surface area (Å²) in [5, 5.41) is 12.5. The van der Waals surface area contributed by atoms with Crippen LogP contribution >= 0.6 is 0 Å². The predicted molar refractivity (Wildman–Crippen MR) is 55.7 cm³/mol. The molecule has 0 heterocycles. The normalized spacial score (nSPS) is 3.18. The third-order valence-corrected chi connectivity index (χ3v) is 0.612.